The molecular weight excluding hydrogens is 564 g/mol. The molecule has 11 nitrogen and oxygen atoms in total. The highest BCUT2D eigenvalue weighted by Crippen LogP contribution is 2.34. The monoisotopic (exact) mass is 606 g/mol. The Hall–Kier alpha value is -3.19. The van der Waals surface area contributed by atoms with Gasteiger partial charge >= 0.3 is 6.09 Å². The van der Waals surface area contributed by atoms with Crippen LogP contribution in [0.3, 0.4) is 0 Å². The number of fused-ring (bicyclic) bond motifs is 2. The van der Waals surface area contributed by atoms with Gasteiger partial charge in [0, 0.05) is 31.3 Å². The number of ether oxygens (including phenoxy) is 4. The van der Waals surface area contributed by atoms with Gasteiger partial charge in [0.15, 0.2) is 11.9 Å². The number of primary amides is 1. The van der Waals surface area contributed by atoms with Gasteiger partial charge in [-0.25, -0.2) is 4.79 Å². The van der Waals surface area contributed by atoms with E-state index in [1.807, 2.05) is 6.92 Å². The Morgan fingerprint density at radius 3 is 2.31 bits per heavy atom. The molecule has 1 aliphatic heterocycles. The number of amides is 2. The molecular formula is C30H42N2O9S. The zero-order chi connectivity index (χ0) is 31.7. The van der Waals surface area contributed by atoms with Gasteiger partial charge in [-0.2, -0.15) is 0 Å². The molecule has 0 aromatic rings. The van der Waals surface area contributed by atoms with Crippen molar-refractivity contribution in [1.82, 2.24) is 5.32 Å². The lowest BCUT2D eigenvalue weighted by Gasteiger charge is -2.30. The standard InChI is InChI=1S/C30H42N2O9S/c1-15-12-19-24(34)22(28(42-8)25(35)27(19)40-7)32-29(36)16(2)10-9-11-20(38-5)26(41-30(31)37)18(4)14-17(3)23(33)21(13-15)39-6/h9-11,14-15,17,20-21,23,26,33H,12-13H2,1-8H3,(H2,31,37)(H,32,36)/b11-9-,16-10+,18-14+/t15-,17+,20?,21+,23-,26+/m1/s1. The molecule has 6 atom stereocenters. The summed E-state index contributed by atoms with van der Waals surface area (Å²) in [5.74, 6) is -2.33. The second-order valence-corrected chi connectivity index (χ2v) is 11.2. The van der Waals surface area contributed by atoms with Crippen LogP contribution < -0.4 is 11.1 Å². The number of ketones is 2. The van der Waals surface area contributed by atoms with Crippen LogP contribution in [0.5, 0.6) is 0 Å². The van der Waals surface area contributed by atoms with E-state index in [1.54, 1.807) is 45.3 Å². The molecule has 0 aromatic heterocycles. The van der Waals surface area contributed by atoms with Crippen molar-refractivity contribution < 1.29 is 43.2 Å². The zero-order valence-corrected chi connectivity index (χ0v) is 26.2. The fourth-order valence-electron chi connectivity index (χ4n) is 5.02. The number of allylic oxidation sites excluding steroid dienone is 4. The number of aliphatic hydroxyl groups is 1. The van der Waals surface area contributed by atoms with Crippen molar-refractivity contribution in [2.24, 2.45) is 17.6 Å². The normalized spacial score (nSPS) is 32.0. The van der Waals surface area contributed by atoms with Crippen LogP contribution in [0, 0.1) is 11.8 Å². The van der Waals surface area contributed by atoms with Crippen molar-refractivity contribution in [2.45, 2.75) is 65.0 Å². The van der Waals surface area contributed by atoms with E-state index in [9.17, 15) is 24.3 Å². The lowest BCUT2D eigenvalue weighted by atomic mass is 9.85. The maximum atomic E-state index is 13.7. The second kappa shape index (κ2) is 15.9. The molecule has 2 aliphatic rings. The fourth-order valence-corrected chi connectivity index (χ4v) is 5.64. The van der Waals surface area contributed by atoms with Crippen LogP contribution in [-0.4, -0.2) is 80.7 Å². The zero-order valence-electron chi connectivity index (χ0n) is 25.4. The van der Waals surface area contributed by atoms with Crippen molar-refractivity contribution in [3.63, 3.8) is 0 Å². The fraction of sp³-hybridized carbons (Fsp3) is 0.533. The molecule has 0 aromatic carbocycles. The van der Waals surface area contributed by atoms with E-state index >= 15 is 0 Å². The summed E-state index contributed by atoms with van der Waals surface area (Å²) in [4.78, 5) is 51.9. The number of aliphatic hydroxyl groups excluding tert-OH is 1. The maximum Gasteiger partial charge on any atom is 0.405 e. The summed E-state index contributed by atoms with van der Waals surface area (Å²) in [6.45, 7) is 6.95. The van der Waals surface area contributed by atoms with Gasteiger partial charge in [-0.05, 0) is 44.4 Å². The molecule has 1 unspecified atom stereocenters. The minimum absolute atomic E-state index is 0.0668. The Kier molecular flexibility index (Phi) is 13.2. The first-order valence-corrected chi connectivity index (χ1v) is 14.7. The van der Waals surface area contributed by atoms with Crippen LogP contribution in [-0.2, 0) is 33.3 Å². The van der Waals surface area contributed by atoms with E-state index in [1.165, 1.54) is 27.4 Å². The van der Waals surface area contributed by atoms with Crippen LogP contribution in [0.1, 0.15) is 40.5 Å². The van der Waals surface area contributed by atoms with Gasteiger partial charge in [0.1, 0.15) is 11.8 Å². The molecule has 2 bridgehead atoms. The van der Waals surface area contributed by atoms with E-state index in [-0.39, 0.29) is 39.8 Å². The lowest BCUT2D eigenvalue weighted by Crippen LogP contribution is -2.37. The van der Waals surface area contributed by atoms with Crippen molar-refractivity contribution >= 4 is 35.3 Å². The van der Waals surface area contributed by atoms with Gasteiger partial charge < -0.3 is 35.1 Å². The largest absolute Gasteiger partial charge is 0.492 e. The van der Waals surface area contributed by atoms with Gasteiger partial charge in [0.2, 0.25) is 11.6 Å². The van der Waals surface area contributed by atoms with Crippen molar-refractivity contribution in [3.8, 4) is 0 Å². The van der Waals surface area contributed by atoms with Crippen LogP contribution in [0.15, 0.2) is 57.4 Å². The average Bonchev–Trinajstić information content (AvgIpc) is 2.94. The molecule has 0 saturated carbocycles. The van der Waals surface area contributed by atoms with Gasteiger partial charge in [-0.3, -0.25) is 14.4 Å². The predicted molar refractivity (Wildman–Crippen MR) is 159 cm³/mol. The van der Waals surface area contributed by atoms with E-state index in [2.05, 4.69) is 5.32 Å². The Morgan fingerprint density at radius 1 is 1.10 bits per heavy atom. The Bertz CT molecular complexity index is 1220. The number of thioether (sulfide) groups is 1. The number of Topliss-reactive ketones (excluding diaryl/α,β-unsaturated/α-hetero) is 2. The number of carbonyl (C=O) groups is 4. The molecule has 0 spiro atoms. The summed E-state index contributed by atoms with van der Waals surface area (Å²) in [7, 11) is 4.24. The molecule has 1 heterocycles. The number of hydrogen-bond donors (Lipinski definition) is 3. The highest BCUT2D eigenvalue weighted by Gasteiger charge is 2.38. The second-order valence-electron chi connectivity index (χ2n) is 10.4. The quantitative estimate of drug-likeness (QED) is 0.313. The van der Waals surface area contributed by atoms with Crippen LogP contribution in [0.2, 0.25) is 0 Å². The number of nitrogens with one attached hydrogen (secondary N) is 1. The third-order valence-corrected chi connectivity index (χ3v) is 8.06. The summed E-state index contributed by atoms with van der Waals surface area (Å²) in [5, 5.41) is 13.8. The average molecular weight is 607 g/mol. The van der Waals surface area contributed by atoms with Crippen molar-refractivity contribution in [3.05, 3.63) is 57.4 Å². The van der Waals surface area contributed by atoms with E-state index in [4.69, 9.17) is 24.7 Å². The molecule has 2 amide bonds. The first kappa shape index (κ1) is 35.0. The first-order valence-electron chi connectivity index (χ1n) is 13.5. The molecule has 1 aliphatic carbocycles. The molecule has 0 radical (unpaired) electrons. The van der Waals surface area contributed by atoms with Crippen molar-refractivity contribution in [1.29, 1.82) is 0 Å². The molecule has 0 fully saturated rings. The molecule has 12 heteroatoms. The number of hydrogen-bond acceptors (Lipinski definition) is 10. The van der Waals surface area contributed by atoms with Gasteiger partial charge in [-0.15, -0.1) is 11.8 Å². The molecule has 232 valence electrons. The molecule has 2 rings (SSSR count). The molecule has 0 saturated heterocycles. The maximum absolute atomic E-state index is 13.7. The number of methoxy groups -OCH3 is 3. The highest BCUT2D eigenvalue weighted by atomic mass is 32.2. The van der Waals surface area contributed by atoms with Gasteiger partial charge in [0.25, 0.3) is 5.91 Å². The first-order chi connectivity index (χ1) is 19.8. The minimum Gasteiger partial charge on any atom is -0.492 e. The van der Waals surface area contributed by atoms with E-state index < -0.39 is 53.9 Å². The Balaban J connectivity index is 2.68. The summed E-state index contributed by atoms with van der Waals surface area (Å²) in [6.07, 6.45) is 4.20. The lowest BCUT2D eigenvalue weighted by molar-refractivity contribution is -0.121. The summed E-state index contributed by atoms with van der Waals surface area (Å²) < 4.78 is 21.9. The smallest absolute Gasteiger partial charge is 0.405 e. The van der Waals surface area contributed by atoms with Gasteiger partial charge in [-0.1, -0.05) is 38.2 Å². The number of nitrogens with two attached hydrogens (primary N) is 1. The Morgan fingerprint density at radius 2 is 1.76 bits per heavy atom. The topological polar surface area (TPSA) is 163 Å². The summed E-state index contributed by atoms with van der Waals surface area (Å²) in [6, 6.07) is 0. The predicted octanol–water partition coefficient (Wildman–Crippen LogP) is 3.10. The third kappa shape index (κ3) is 8.43. The number of carbonyl (C=O) groups excluding carboxylic acids is 4. The highest BCUT2D eigenvalue weighted by molar-refractivity contribution is 8.03. The number of rotatable bonds is 5. The van der Waals surface area contributed by atoms with Gasteiger partial charge in [0.05, 0.1) is 24.2 Å². The summed E-state index contributed by atoms with van der Waals surface area (Å²) in [5.41, 5.74) is 6.20. The SMILES string of the molecule is COC1=C2C[C@@H](C)C[C@H](OC)[C@H](O)[C@@H](C)/C=C(\C)[C@H](OC(N)=O)C(OC)/C=C\C=C(/C)C(=O)NC(=C(SC)C1=O)C2=O. The Labute approximate surface area is 251 Å². The summed E-state index contributed by atoms with van der Waals surface area (Å²) >= 11 is 1.04. The molecule has 42 heavy (non-hydrogen) atoms. The van der Waals surface area contributed by atoms with Crippen LogP contribution in [0.25, 0.3) is 0 Å². The van der Waals surface area contributed by atoms with Crippen molar-refractivity contribution in [2.75, 3.05) is 27.6 Å². The van der Waals surface area contributed by atoms with Crippen LogP contribution in [0.4, 0.5) is 4.79 Å². The van der Waals surface area contributed by atoms with Crippen LogP contribution >= 0.6 is 11.8 Å². The third-order valence-electron chi connectivity index (χ3n) is 7.26. The van der Waals surface area contributed by atoms with E-state index in [0.29, 0.717) is 12.0 Å². The molecule has 4 N–H and O–H groups in total. The van der Waals surface area contributed by atoms with E-state index in [0.717, 1.165) is 11.8 Å². The minimum atomic E-state index is -1.00.